The van der Waals surface area contributed by atoms with Gasteiger partial charge in [-0.2, -0.15) is 0 Å². The fourth-order valence-electron chi connectivity index (χ4n) is 1.93. The number of rotatable bonds is 2. The summed E-state index contributed by atoms with van der Waals surface area (Å²) in [7, 11) is 0. The third kappa shape index (κ3) is 3.60. The van der Waals surface area contributed by atoms with E-state index in [1.54, 1.807) is 0 Å². The highest BCUT2D eigenvalue weighted by Crippen LogP contribution is 2.24. The van der Waals surface area contributed by atoms with Crippen LogP contribution in [0.1, 0.15) is 46.0 Å². The van der Waals surface area contributed by atoms with Crippen LogP contribution in [0.2, 0.25) is 0 Å². The zero-order valence-corrected chi connectivity index (χ0v) is 7.84. The van der Waals surface area contributed by atoms with Crippen molar-refractivity contribution in [1.82, 2.24) is 0 Å². The molecular weight excluding hydrogens is 132 g/mol. The summed E-state index contributed by atoms with van der Waals surface area (Å²) in [6, 6.07) is 0. The van der Waals surface area contributed by atoms with Crippen LogP contribution < -0.4 is 0 Å². The molecule has 0 heteroatoms. The van der Waals surface area contributed by atoms with Crippen molar-refractivity contribution in [3.63, 3.8) is 0 Å². The smallest absolute Gasteiger partial charge is 0.0322 e. The standard InChI is InChI=1S/C11H20/c1-10(2)9-11-7-5-3-4-6-8-11/h3,5,10-11H,4,6-9H2,1-2H3. The second kappa shape index (κ2) is 4.58. The summed E-state index contributed by atoms with van der Waals surface area (Å²) < 4.78 is 0. The lowest BCUT2D eigenvalue weighted by Gasteiger charge is -2.15. The third-order valence-corrected chi connectivity index (χ3v) is 2.42. The van der Waals surface area contributed by atoms with E-state index in [2.05, 4.69) is 26.0 Å². The average Bonchev–Trinajstić information content (AvgIpc) is 2.14. The molecule has 0 nitrogen and oxygen atoms in total. The van der Waals surface area contributed by atoms with Gasteiger partial charge in [0.05, 0.1) is 0 Å². The molecule has 0 fully saturated rings. The first-order chi connectivity index (χ1) is 5.29. The maximum Gasteiger partial charge on any atom is -0.0322 e. The Kier molecular flexibility index (Phi) is 3.68. The van der Waals surface area contributed by atoms with Gasteiger partial charge in [0.25, 0.3) is 0 Å². The van der Waals surface area contributed by atoms with Gasteiger partial charge in [-0.05, 0) is 43.9 Å². The fourth-order valence-corrected chi connectivity index (χ4v) is 1.93. The van der Waals surface area contributed by atoms with Crippen LogP contribution in [0.15, 0.2) is 12.2 Å². The van der Waals surface area contributed by atoms with Gasteiger partial charge < -0.3 is 0 Å². The highest BCUT2D eigenvalue weighted by Gasteiger charge is 2.10. The molecule has 0 radical (unpaired) electrons. The molecule has 0 spiro atoms. The fraction of sp³-hybridized carbons (Fsp3) is 0.818. The molecule has 0 amide bonds. The van der Waals surface area contributed by atoms with Crippen molar-refractivity contribution in [2.45, 2.75) is 46.0 Å². The Balaban J connectivity index is 2.26. The van der Waals surface area contributed by atoms with Crippen molar-refractivity contribution < 1.29 is 0 Å². The second-order valence-corrected chi connectivity index (χ2v) is 4.13. The van der Waals surface area contributed by atoms with Gasteiger partial charge in [-0.1, -0.05) is 26.0 Å². The van der Waals surface area contributed by atoms with E-state index in [0.717, 1.165) is 11.8 Å². The first-order valence-corrected chi connectivity index (χ1v) is 4.94. The first-order valence-electron chi connectivity index (χ1n) is 4.94. The molecule has 0 saturated carbocycles. The van der Waals surface area contributed by atoms with Crippen LogP contribution in [-0.4, -0.2) is 0 Å². The Bertz CT molecular complexity index is 122. The molecule has 0 aliphatic heterocycles. The first kappa shape index (κ1) is 8.83. The SMILES string of the molecule is CC(C)CC1CC=CCCC1. The molecule has 1 aliphatic rings. The van der Waals surface area contributed by atoms with Gasteiger partial charge in [0.15, 0.2) is 0 Å². The molecule has 64 valence electrons. The Morgan fingerprint density at radius 2 is 2.18 bits per heavy atom. The minimum absolute atomic E-state index is 0.881. The van der Waals surface area contributed by atoms with Crippen molar-refractivity contribution in [3.05, 3.63) is 12.2 Å². The monoisotopic (exact) mass is 152 g/mol. The maximum atomic E-state index is 2.38. The van der Waals surface area contributed by atoms with Crippen molar-refractivity contribution in [3.8, 4) is 0 Å². The third-order valence-electron chi connectivity index (χ3n) is 2.42. The molecule has 11 heavy (non-hydrogen) atoms. The maximum absolute atomic E-state index is 2.38. The molecule has 1 rings (SSSR count). The zero-order chi connectivity index (χ0) is 8.10. The largest absolute Gasteiger partial charge is 0.0885 e. The minimum Gasteiger partial charge on any atom is -0.0885 e. The van der Waals surface area contributed by atoms with Crippen molar-refractivity contribution in [2.24, 2.45) is 11.8 Å². The van der Waals surface area contributed by atoms with Gasteiger partial charge >= 0.3 is 0 Å². The molecule has 0 bridgehead atoms. The number of allylic oxidation sites excluding steroid dienone is 2. The Labute approximate surface area is 70.7 Å². The zero-order valence-electron chi connectivity index (χ0n) is 7.84. The molecule has 0 aromatic carbocycles. The van der Waals surface area contributed by atoms with Gasteiger partial charge in [0, 0.05) is 0 Å². The Morgan fingerprint density at radius 1 is 1.36 bits per heavy atom. The quantitative estimate of drug-likeness (QED) is 0.528. The highest BCUT2D eigenvalue weighted by atomic mass is 14.2. The highest BCUT2D eigenvalue weighted by molar-refractivity contribution is 4.87. The number of hydrogen-bond acceptors (Lipinski definition) is 0. The lowest BCUT2D eigenvalue weighted by Crippen LogP contribution is -2.02. The summed E-state index contributed by atoms with van der Waals surface area (Å²) >= 11 is 0. The summed E-state index contributed by atoms with van der Waals surface area (Å²) in [5, 5.41) is 0. The molecule has 1 aliphatic carbocycles. The summed E-state index contributed by atoms with van der Waals surface area (Å²) in [5.74, 6) is 1.86. The van der Waals surface area contributed by atoms with Crippen LogP contribution in [0.3, 0.4) is 0 Å². The summed E-state index contributed by atoms with van der Waals surface area (Å²) in [6.45, 7) is 4.66. The van der Waals surface area contributed by atoms with E-state index in [4.69, 9.17) is 0 Å². The lowest BCUT2D eigenvalue weighted by molar-refractivity contribution is 0.387. The molecule has 0 aromatic rings. The Morgan fingerprint density at radius 3 is 2.91 bits per heavy atom. The number of hydrogen-bond donors (Lipinski definition) is 0. The van der Waals surface area contributed by atoms with Crippen LogP contribution in [0.4, 0.5) is 0 Å². The predicted molar refractivity (Wildman–Crippen MR) is 50.6 cm³/mol. The Hall–Kier alpha value is -0.260. The van der Waals surface area contributed by atoms with E-state index in [0.29, 0.717) is 0 Å². The van der Waals surface area contributed by atoms with E-state index < -0.39 is 0 Å². The molecule has 1 atom stereocenters. The van der Waals surface area contributed by atoms with E-state index in [1.807, 2.05) is 0 Å². The normalized spacial score (nSPS) is 25.5. The molecule has 0 N–H and O–H groups in total. The van der Waals surface area contributed by atoms with E-state index >= 15 is 0 Å². The van der Waals surface area contributed by atoms with Crippen LogP contribution in [-0.2, 0) is 0 Å². The molecule has 0 aromatic heterocycles. The predicted octanol–water partition coefficient (Wildman–Crippen LogP) is 3.78. The van der Waals surface area contributed by atoms with Gasteiger partial charge in [-0.3, -0.25) is 0 Å². The average molecular weight is 152 g/mol. The summed E-state index contributed by atoms with van der Waals surface area (Å²) in [4.78, 5) is 0. The summed E-state index contributed by atoms with van der Waals surface area (Å²) in [5.41, 5.74) is 0. The van der Waals surface area contributed by atoms with Crippen molar-refractivity contribution in [2.75, 3.05) is 0 Å². The van der Waals surface area contributed by atoms with Crippen LogP contribution >= 0.6 is 0 Å². The van der Waals surface area contributed by atoms with Crippen LogP contribution in [0, 0.1) is 11.8 Å². The van der Waals surface area contributed by atoms with E-state index in [9.17, 15) is 0 Å². The van der Waals surface area contributed by atoms with Crippen molar-refractivity contribution >= 4 is 0 Å². The van der Waals surface area contributed by atoms with Gasteiger partial charge in [0.1, 0.15) is 0 Å². The second-order valence-electron chi connectivity index (χ2n) is 4.13. The van der Waals surface area contributed by atoms with Crippen LogP contribution in [0.25, 0.3) is 0 Å². The molecule has 0 heterocycles. The van der Waals surface area contributed by atoms with Gasteiger partial charge in [0.2, 0.25) is 0 Å². The van der Waals surface area contributed by atoms with Crippen LogP contribution in [0.5, 0.6) is 0 Å². The van der Waals surface area contributed by atoms with Gasteiger partial charge in [-0.15, -0.1) is 0 Å². The minimum atomic E-state index is 0.881. The summed E-state index contributed by atoms with van der Waals surface area (Å²) in [6.07, 6.45) is 11.6. The van der Waals surface area contributed by atoms with E-state index in [1.165, 1.54) is 32.1 Å². The lowest BCUT2D eigenvalue weighted by atomic mass is 9.91. The molecule has 0 saturated heterocycles. The van der Waals surface area contributed by atoms with Gasteiger partial charge in [-0.25, -0.2) is 0 Å². The van der Waals surface area contributed by atoms with Crippen molar-refractivity contribution in [1.29, 1.82) is 0 Å². The molecular formula is C11H20. The topological polar surface area (TPSA) is 0 Å². The van der Waals surface area contributed by atoms with E-state index in [-0.39, 0.29) is 0 Å². The molecule has 1 unspecified atom stereocenters.